The molecule has 1 aromatic carbocycles. The zero-order valence-corrected chi connectivity index (χ0v) is 14.4. The number of nitriles is 1. The predicted molar refractivity (Wildman–Crippen MR) is 94.9 cm³/mol. The number of nitrogens with two attached hydrogens (primary N) is 1. The van der Waals surface area contributed by atoms with Gasteiger partial charge in [-0.05, 0) is 55.1 Å². The molecule has 0 radical (unpaired) electrons. The van der Waals surface area contributed by atoms with Gasteiger partial charge in [0.1, 0.15) is 11.8 Å². The molecule has 0 amide bonds. The first-order chi connectivity index (χ1) is 11.6. The van der Waals surface area contributed by atoms with Crippen LogP contribution in [0.2, 0.25) is 0 Å². The molecule has 1 saturated heterocycles. The fraction of sp³-hybridized carbons (Fsp3) is 0.474. The van der Waals surface area contributed by atoms with Gasteiger partial charge in [0.25, 0.3) is 0 Å². The van der Waals surface area contributed by atoms with Gasteiger partial charge in [-0.2, -0.15) is 5.26 Å². The Morgan fingerprint density at radius 1 is 1.46 bits per heavy atom. The van der Waals surface area contributed by atoms with Gasteiger partial charge in [0, 0.05) is 24.7 Å². The highest BCUT2D eigenvalue weighted by Crippen LogP contribution is 2.30. The number of hydrogen-bond acceptors (Lipinski definition) is 5. The van der Waals surface area contributed by atoms with Gasteiger partial charge in [-0.15, -0.1) is 0 Å². The maximum atomic E-state index is 9.47. The van der Waals surface area contributed by atoms with Gasteiger partial charge in [0.2, 0.25) is 0 Å². The van der Waals surface area contributed by atoms with Gasteiger partial charge in [-0.1, -0.05) is 6.92 Å². The van der Waals surface area contributed by atoms with E-state index in [0.717, 1.165) is 61.2 Å². The lowest BCUT2D eigenvalue weighted by Crippen LogP contribution is -2.32. The number of rotatable bonds is 5. The molecule has 3 rings (SSSR count). The zero-order chi connectivity index (χ0) is 17.2. The summed E-state index contributed by atoms with van der Waals surface area (Å²) in [5.74, 6) is 0.789. The summed E-state index contributed by atoms with van der Waals surface area (Å²) >= 11 is 0. The fourth-order valence-corrected chi connectivity index (χ4v) is 3.47. The van der Waals surface area contributed by atoms with Crippen molar-refractivity contribution in [2.75, 3.05) is 33.3 Å². The molecule has 0 bridgehead atoms. The summed E-state index contributed by atoms with van der Waals surface area (Å²) in [5, 5.41) is 10.5. The summed E-state index contributed by atoms with van der Waals surface area (Å²) in [6.07, 6.45) is 3.65. The minimum absolute atomic E-state index is 0.224. The Kier molecular flexibility index (Phi) is 4.70. The number of pyridine rings is 1. The van der Waals surface area contributed by atoms with E-state index in [-0.39, 0.29) is 5.41 Å². The van der Waals surface area contributed by atoms with Crippen molar-refractivity contribution in [3.63, 3.8) is 0 Å². The van der Waals surface area contributed by atoms with E-state index in [1.807, 2.05) is 18.2 Å². The van der Waals surface area contributed by atoms with Gasteiger partial charge in [0.05, 0.1) is 18.2 Å². The molecule has 0 saturated carbocycles. The summed E-state index contributed by atoms with van der Waals surface area (Å²) < 4.78 is 5.34. The van der Waals surface area contributed by atoms with Gasteiger partial charge < -0.3 is 15.4 Å². The standard InChI is InChI=1S/C19H24N4O/c1-19(12-21)6-8-23(13-19)7-5-16-14(10-20)11-22-18-4-3-15(24-2)9-17(16)18/h3-4,9,11H,5-8,12-13,21H2,1-2H3. The van der Waals surface area contributed by atoms with E-state index in [0.29, 0.717) is 5.56 Å². The van der Waals surface area contributed by atoms with E-state index in [1.54, 1.807) is 13.3 Å². The van der Waals surface area contributed by atoms with Gasteiger partial charge in [-0.3, -0.25) is 4.98 Å². The third kappa shape index (κ3) is 3.21. The number of likely N-dealkylation sites (tertiary alicyclic amines) is 1. The Bertz CT molecular complexity index is 783. The molecule has 5 heteroatoms. The van der Waals surface area contributed by atoms with Crippen LogP contribution < -0.4 is 10.5 Å². The second kappa shape index (κ2) is 6.76. The molecule has 24 heavy (non-hydrogen) atoms. The molecule has 2 heterocycles. The number of benzene rings is 1. The second-order valence-electron chi connectivity index (χ2n) is 6.94. The third-order valence-corrected chi connectivity index (χ3v) is 5.11. The van der Waals surface area contributed by atoms with Crippen LogP contribution in [0.25, 0.3) is 10.9 Å². The van der Waals surface area contributed by atoms with Crippen LogP contribution in [0, 0.1) is 16.7 Å². The lowest BCUT2D eigenvalue weighted by molar-refractivity contribution is 0.283. The number of hydrogen-bond donors (Lipinski definition) is 1. The highest BCUT2D eigenvalue weighted by Gasteiger charge is 2.32. The molecule has 1 aromatic heterocycles. The van der Waals surface area contributed by atoms with E-state index < -0.39 is 0 Å². The molecule has 126 valence electrons. The monoisotopic (exact) mass is 324 g/mol. The first kappa shape index (κ1) is 16.7. The van der Waals surface area contributed by atoms with Crippen molar-refractivity contribution < 1.29 is 4.74 Å². The normalized spacial score (nSPS) is 21.1. The maximum absolute atomic E-state index is 9.47. The lowest BCUT2D eigenvalue weighted by Gasteiger charge is -2.22. The molecule has 2 N–H and O–H groups in total. The summed E-state index contributed by atoms with van der Waals surface area (Å²) in [6.45, 7) is 6.00. The molecule has 1 unspecified atom stereocenters. The Balaban J connectivity index is 1.86. The van der Waals surface area contributed by atoms with Crippen molar-refractivity contribution in [1.29, 1.82) is 5.26 Å². The fourth-order valence-electron chi connectivity index (χ4n) is 3.47. The molecular formula is C19H24N4O. The highest BCUT2D eigenvalue weighted by atomic mass is 16.5. The Morgan fingerprint density at radius 2 is 2.29 bits per heavy atom. The molecule has 0 aliphatic carbocycles. The Hall–Kier alpha value is -2.16. The molecule has 5 nitrogen and oxygen atoms in total. The van der Waals surface area contributed by atoms with Crippen molar-refractivity contribution in [2.45, 2.75) is 19.8 Å². The molecule has 1 atom stereocenters. The highest BCUT2D eigenvalue weighted by molar-refractivity contribution is 5.85. The van der Waals surface area contributed by atoms with Crippen LogP contribution in [-0.4, -0.2) is 43.2 Å². The van der Waals surface area contributed by atoms with Crippen LogP contribution in [0.3, 0.4) is 0 Å². The first-order valence-corrected chi connectivity index (χ1v) is 8.37. The van der Waals surface area contributed by atoms with Crippen LogP contribution in [0.4, 0.5) is 0 Å². The largest absolute Gasteiger partial charge is 0.497 e. The molecule has 1 aliphatic rings. The number of aromatic nitrogens is 1. The molecule has 1 aliphatic heterocycles. The predicted octanol–water partition coefficient (Wildman–Crippen LogP) is 2.33. The smallest absolute Gasteiger partial charge is 0.119 e. The second-order valence-corrected chi connectivity index (χ2v) is 6.94. The maximum Gasteiger partial charge on any atom is 0.119 e. The summed E-state index contributed by atoms with van der Waals surface area (Å²) in [4.78, 5) is 6.84. The molecule has 1 fully saturated rings. The van der Waals surface area contributed by atoms with Crippen molar-refractivity contribution in [1.82, 2.24) is 9.88 Å². The minimum Gasteiger partial charge on any atom is -0.497 e. The first-order valence-electron chi connectivity index (χ1n) is 8.37. The summed E-state index contributed by atoms with van der Waals surface area (Å²) in [6, 6.07) is 8.11. The zero-order valence-electron chi connectivity index (χ0n) is 14.4. The van der Waals surface area contributed by atoms with Crippen LogP contribution in [-0.2, 0) is 6.42 Å². The van der Waals surface area contributed by atoms with Gasteiger partial charge in [0.15, 0.2) is 0 Å². The quantitative estimate of drug-likeness (QED) is 0.913. The van der Waals surface area contributed by atoms with Crippen molar-refractivity contribution in [3.05, 3.63) is 35.5 Å². The number of nitrogens with zero attached hydrogens (tertiary/aromatic N) is 3. The van der Waals surface area contributed by atoms with E-state index in [2.05, 4.69) is 22.9 Å². The van der Waals surface area contributed by atoms with E-state index in [9.17, 15) is 5.26 Å². The molecule has 0 spiro atoms. The summed E-state index contributed by atoms with van der Waals surface area (Å²) in [5.41, 5.74) is 8.73. The third-order valence-electron chi connectivity index (χ3n) is 5.11. The van der Waals surface area contributed by atoms with Crippen molar-refractivity contribution in [2.24, 2.45) is 11.1 Å². The van der Waals surface area contributed by atoms with E-state index in [4.69, 9.17) is 10.5 Å². The van der Waals surface area contributed by atoms with Crippen LogP contribution >= 0.6 is 0 Å². The number of ether oxygens (including phenoxy) is 1. The molecular weight excluding hydrogens is 300 g/mol. The average Bonchev–Trinajstić information content (AvgIpc) is 3.01. The number of methoxy groups -OCH3 is 1. The lowest BCUT2D eigenvalue weighted by atomic mass is 9.90. The Morgan fingerprint density at radius 3 is 2.96 bits per heavy atom. The average molecular weight is 324 g/mol. The van der Waals surface area contributed by atoms with Crippen molar-refractivity contribution in [3.8, 4) is 11.8 Å². The van der Waals surface area contributed by atoms with E-state index >= 15 is 0 Å². The minimum atomic E-state index is 0.224. The topological polar surface area (TPSA) is 75.2 Å². The SMILES string of the molecule is COc1ccc2ncc(C#N)c(CCN3CCC(C)(CN)C3)c2c1. The summed E-state index contributed by atoms with van der Waals surface area (Å²) in [7, 11) is 1.65. The van der Waals surface area contributed by atoms with Crippen molar-refractivity contribution >= 4 is 10.9 Å². The van der Waals surface area contributed by atoms with Crippen LogP contribution in [0.1, 0.15) is 24.5 Å². The van der Waals surface area contributed by atoms with Gasteiger partial charge >= 0.3 is 0 Å². The van der Waals surface area contributed by atoms with E-state index in [1.165, 1.54) is 0 Å². The van der Waals surface area contributed by atoms with Gasteiger partial charge in [-0.25, -0.2) is 0 Å². The molecule has 2 aromatic rings. The number of fused-ring (bicyclic) bond motifs is 1. The van der Waals surface area contributed by atoms with Crippen LogP contribution in [0.5, 0.6) is 5.75 Å². The van der Waals surface area contributed by atoms with Crippen LogP contribution in [0.15, 0.2) is 24.4 Å². The Labute approximate surface area is 143 Å².